The van der Waals surface area contributed by atoms with Gasteiger partial charge in [0.25, 0.3) is 10.1 Å². The molecule has 8 nitrogen and oxygen atoms in total. The van der Waals surface area contributed by atoms with Crippen LogP contribution in [-0.2, 0) is 31.8 Å². The lowest BCUT2D eigenvalue weighted by Gasteiger charge is -2.17. The molecule has 0 fully saturated rings. The Morgan fingerprint density at radius 1 is 0.882 bits per heavy atom. The van der Waals surface area contributed by atoms with Crippen molar-refractivity contribution in [2.75, 3.05) is 6.61 Å². The number of carboxylic acids is 1. The zero-order valence-electron chi connectivity index (χ0n) is 18.0. The molecule has 1 aliphatic carbocycles. The molecule has 0 saturated heterocycles. The molecule has 0 heterocycles. The summed E-state index contributed by atoms with van der Waals surface area (Å²) in [5.74, 6) is -1.90. The summed E-state index contributed by atoms with van der Waals surface area (Å²) >= 11 is 0. The number of amides is 1. The van der Waals surface area contributed by atoms with Crippen LogP contribution in [0.2, 0.25) is 0 Å². The minimum Gasteiger partial charge on any atom is -0.480 e. The van der Waals surface area contributed by atoms with E-state index in [1.165, 1.54) is 12.1 Å². The van der Waals surface area contributed by atoms with Gasteiger partial charge in [0.1, 0.15) is 18.4 Å². The van der Waals surface area contributed by atoms with E-state index in [1.807, 2.05) is 48.5 Å². The van der Waals surface area contributed by atoms with Crippen LogP contribution in [0, 0.1) is 0 Å². The van der Waals surface area contributed by atoms with Crippen molar-refractivity contribution in [3.05, 3.63) is 95.1 Å². The Hall–Kier alpha value is -3.69. The number of nitrogens with one attached hydrogen (secondary N) is 1. The lowest BCUT2D eigenvalue weighted by Crippen LogP contribution is -2.42. The molecule has 0 spiro atoms. The normalized spacial score (nSPS) is 13.6. The molecule has 1 aliphatic rings. The Morgan fingerprint density at radius 2 is 1.41 bits per heavy atom. The van der Waals surface area contributed by atoms with E-state index in [0.29, 0.717) is 11.1 Å². The van der Waals surface area contributed by atoms with E-state index in [1.54, 1.807) is 12.1 Å². The number of carboxylic acid groups (broad SMARTS) is 1. The number of rotatable bonds is 8. The second-order valence-electron chi connectivity index (χ2n) is 8.11. The van der Waals surface area contributed by atoms with Crippen molar-refractivity contribution in [2.45, 2.75) is 24.1 Å². The van der Waals surface area contributed by atoms with Crippen LogP contribution in [0.25, 0.3) is 11.1 Å². The van der Waals surface area contributed by atoms with E-state index in [2.05, 4.69) is 5.32 Å². The van der Waals surface area contributed by atoms with Gasteiger partial charge in [0.05, 0.1) is 0 Å². The Labute approximate surface area is 197 Å². The SMILES string of the molecule is O=C(N[C@H](Cc1ccc(CS(=O)(=O)O)cc1)C(=O)O)OCC1c2ccccc2-c2ccccc21. The summed E-state index contributed by atoms with van der Waals surface area (Å²) in [7, 11) is -4.16. The van der Waals surface area contributed by atoms with Gasteiger partial charge in [-0.05, 0) is 33.4 Å². The second-order valence-corrected chi connectivity index (χ2v) is 9.56. The van der Waals surface area contributed by atoms with E-state index in [9.17, 15) is 23.1 Å². The molecule has 0 aliphatic heterocycles. The van der Waals surface area contributed by atoms with Gasteiger partial charge in [-0.2, -0.15) is 8.42 Å². The highest BCUT2D eigenvalue weighted by atomic mass is 32.2. The number of aliphatic carboxylic acids is 1. The van der Waals surface area contributed by atoms with Gasteiger partial charge in [0, 0.05) is 12.3 Å². The Bertz CT molecular complexity index is 1270. The summed E-state index contributed by atoms with van der Waals surface area (Å²) in [6.07, 6.45) is -0.858. The monoisotopic (exact) mass is 481 g/mol. The summed E-state index contributed by atoms with van der Waals surface area (Å²) in [4.78, 5) is 24.1. The van der Waals surface area contributed by atoms with E-state index in [0.717, 1.165) is 22.3 Å². The van der Waals surface area contributed by atoms with Crippen LogP contribution in [0.15, 0.2) is 72.8 Å². The molecule has 4 rings (SSSR count). The van der Waals surface area contributed by atoms with Crippen molar-refractivity contribution in [1.82, 2.24) is 5.32 Å². The van der Waals surface area contributed by atoms with Crippen LogP contribution in [-0.4, -0.2) is 42.8 Å². The summed E-state index contributed by atoms with van der Waals surface area (Å²) in [6.45, 7) is 0.0660. The summed E-state index contributed by atoms with van der Waals surface area (Å²) in [5.41, 5.74) is 5.22. The molecule has 1 atom stereocenters. The molecular formula is C25H23NO7S. The molecule has 3 aromatic carbocycles. The Morgan fingerprint density at radius 3 is 1.94 bits per heavy atom. The molecule has 3 N–H and O–H groups in total. The molecule has 0 bridgehead atoms. The van der Waals surface area contributed by atoms with Gasteiger partial charge in [0.2, 0.25) is 0 Å². The third kappa shape index (κ3) is 5.44. The van der Waals surface area contributed by atoms with Gasteiger partial charge >= 0.3 is 12.1 Å². The molecule has 0 unspecified atom stereocenters. The van der Waals surface area contributed by atoms with Crippen LogP contribution in [0.4, 0.5) is 4.79 Å². The third-order valence-corrected chi connectivity index (χ3v) is 6.44. The highest BCUT2D eigenvalue weighted by Crippen LogP contribution is 2.44. The Balaban J connectivity index is 1.39. The predicted octanol–water partition coefficient (Wildman–Crippen LogP) is 3.61. The topological polar surface area (TPSA) is 130 Å². The smallest absolute Gasteiger partial charge is 0.407 e. The van der Waals surface area contributed by atoms with Crippen molar-refractivity contribution in [3.8, 4) is 11.1 Å². The van der Waals surface area contributed by atoms with Gasteiger partial charge in [-0.25, -0.2) is 9.59 Å². The number of carbonyl (C=O) groups excluding carboxylic acids is 1. The average molecular weight is 482 g/mol. The van der Waals surface area contributed by atoms with Crippen LogP contribution in [0.1, 0.15) is 28.2 Å². The van der Waals surface area contributed by atoms with Gasteiger partial charge in [0.15, 0.2) is 0 Å². The van der Waals surface area contributed by atoms with E-state index in [-0.39, 0.29) is 18.9 Å². The van der Waals surface area contributed by atoms with Crippen LogP contribution in [0.5, 0.6) is 0 Å². The number of hydrogen-bond acceptors (Lipinski definition) is 5. The average Bonchev–Trinajstić information content (AvgIpc) is 3.11. The molecule has 0 radical (unpaired) electrons. The third-order valence-electron chi connectivity index (χ3n) is 5.75. The van der Waals surface area contributed by atoms with E-state index >= 15 is 0 Å². The van der Waals surface area contributed by atoms with Crippen LogP contribution >= 0.6 is 0 Å². The van der Waals surface area contributed by atoms with Gasteiger partial charge in [-0.1, -0.05) is 72.8 Å². The summed E-state index contributed by atoms with van der Waals surface area (Å²) in [5, 5.41) is 11.9. The molecular weight excluding hydrogens is 458 g/mol. The van der Waals surface area contributed by atoms with Crippen molar-refractivity contribution in [1.29, 1.82) is 0 Å². The lowest BCUT2D eigenvalue weighted by atomic mass is 9.98. The molecule has 3 aromatic rings. The van der Waals surface area contributed by atoms with Crippen LogP contribution in [0.3, 0.4) is 0 Å². The molecule has 0 saturated carbocycles. The summed E-state index contributed by atoms with van der Waals surface area (Å²) < 4.78 is 36.3. The van der Waals surface area contributed by atoms with Crippen molar-refractivity contribution in [3.63, 3.8) is 0 Å². The lowest BCUT2D eigenvalue weighted by molar-refractivity contribution is -0.139. The van der Waals surface area contributed by atoms with Crippen molar-refractivity contribution >= 4 is 22.2 Å². The van der Waals surface area contributed by atoms with Gasteiger partial charge in [-0.15, -0.1) is 0 Å². The number of fused-ring (bicyclic) bond motifs is 3. The number of carbonyl (C=O) groups is 2. The van der Waals surface area contributed by atoms with Crippen LogP contribution < -0.4 is 5.32 Å². The van der Waals surface area contributed by atoms with Gasteiger partial charge < -0.3 is 15.2 Å². The first-order valence-corrected chi connectivity index (χ1v) is 12.2. The number of hydrogen-bond donors (Lipinski definition) is 3. The first-order valence-electron chi connectivity index (χ1n) is 10.6. The molecule has 34 heavy (non-hydrogen) atoms. The number of alkyl carbamates (subject to hydrolysis) is 1. The maximum atomic E-state index is 12.4. The van der Waals surface area contributed by atoms with Gasteiger partial charge in [-0.3, -0.25) is 4.55 Å². The number of benzene rings is 3. The fourth-order valence-corrected chi connectivity index (χ4v) is 4.81. The molecule has 9 heteroatoms. The molecule has 1 amide bonds. The zero-order valence-corrected chi connectivity index (χ0v) is 18.9. The Kier molecular flexibility index (Phi) is 6.67. The first kappa shape index (κ1) is 23.5. The first-order chi connectivity index (χ1) is 16.2. The minimum absolute atomic E-state index is 0.0221. The second kappa shape index (κ2) is 9.66. The fraction of sp³-hybridized carbons (Fsp3) is 0.200. The largest absolute Gasteiger partial charge is 0.480 e. The highest BCUT2D eigenvalue weighted by molar-refractivity contribution is 7.85. The number of ether oxygens (including phenoxy) is 1. The van der Waals surface area contributed by atoms with Crippen molar-refractivity contribution in [2.24, 2.45) is 0 Å². The fourth-order valence-electron chi connectivity index (χ4n) is 4.20. The highest BCUT2D eigenvalue weighted by Gasteiger charge is 2.29. The molecule has 0 aromatic heterocycles. The molecule has 176 valence electrons. The predicted molar refractivity (Wildman–Crippen MR) is 125 cm³/mol. The maximum Gasteiger partial charge on any atom is 0.407 e. The maximum absolute atomic E-state index is 12.4. The zero-order chi connectivity index (χ0) is 24.3. The summed E-state index contributed by atoms with van der Waals surface area (Å²) in [6, 6.07) is 20.6. The quantitative estimate of drug-likeness (QED) is 0.419. The van der Waals surface area contributed by atoms with E-state index < -0.39 is 34.0 Å². The standard InChI is InChI=1S/C25H23NO7S/c27-24(28)23(13-16-9-11-17(12-10-16)15-34(30,31)32)26-25(29)33-14-22-20-7-3-1-5-18(20)19-6-2-4-8-21(19)22/h1-12,22-23H,13-15H2,(H,26,29)(H,27,28)(H,30,31,32)/t23-/m1/s1. The van der Waals surface area contributed by atoms with Crippen molar-refractivity contribution < 1.29 is 32.4 Å². The minimum atomic E-state index is -4.16. The van der Waals surface area contributed by atoms with E-state index in [4.69, 9.17) is 9.29 Å².